The van der Waals surface area contributed by atoms with E-state index in [1.807, 2.05) is 24.3 Å². The summed E-state index contributed by atoms with van der Waals surface area (Å²) in [6.07, 6.45) is 4.71. The van der Waals surface area contributed by atoms with E-state index in [4.69, 9.17) is 5.73 Å². The Morgan fingerprint density at radius 2 is 1.47 bits per heavy atom. The number of hydrogen-bond donors (Lipinski definition) is 2. The van der Waals surface area contributed by atoms with Crippen LogP contribution in [0.25, 0.3) is 0 Å². The van der Waals surface area contributed by atoms with Crippen LogP contribution in [0.2, 0.25) is 0 Å². The van der Waals surface area contributed by atoms with Crippen LogP contribution in [0.3, 0.4) is 0 Å². The third-order valence-corrected chi connectivity index (χ3v) is 3.77. The second-order valence-electron chi connectivity index (χ2n) is 5.00. The van der Waals surface area contributed by atoms with Crippen molar-refractivity contribution in [1.82, 2.24) is 0 Å². The molecule has 2 aliphatic carbocycles. The number of hydrogen-bond acceptors (Lipinski definition) is 2. The maximum absolute atomic E-state index is 10.8. The Morgan fingerprint density at radius 3 is 1.87 bits per heavy atom. The van der Waals surface area contributed by atoms with E-state index in [1.165, 1.54) is 25.7 Å². The summed E-state index contributed by atoms with van der Waals surface area (Å²) in [5, 5.41) is 10.8. The highest BCUT2D eigenvalue weighted by Gasteiger charge is 2.54. The summed E-state index contributed by atoms with van der Waals surface area (Å²) < 4.78 is 0. The molecular formula is C13H17NO. The maximum Gasteiger partial charge on any atom is 0.0952 e. The zero-order valence-electron chi connectivity index (χ0n) is 8.82. The summed E-state index contributed by atoms with van der Waals surface area (Å²) in [5.41, 5.74) is 6.97. The van der Waals surface area contributed by atoms with Crippen LogP contribution in [-0.4, -0.2) is 5.11 Å². The maximum atomic E-state index is 10.8. The minimum Gasteiger partial charge on any atom is -0.399 e. The molecule has 2 aliphatic rings. The summed E-state index contributed by atoms with van der Waals surface area (Å²) in [5.74, 6) is 0.988. The molecule has 1 aromatic rings. The van der Waals surface area contributed by atoms with Gasteiger partial charge < -0.3 is 10.8 Å². The van der Waals surface area contributed by atoms with Crippen molar-refractivity contribution in [2.24, 2.45) is 11.8 Å². The van der Waals surface area contributed by atoms with Gasteiger partial charge in [0.15, 0.2) is 0 Å². The summed E-state index contributed by atoms with van der Waals surface area (Å²) in [6.45, 7) is 0. The number of rotatable bonds is 3. The molecule has 0 bridgehead atoms. The van der Waals surface area contributed by atoms with Gasteiger partial charge in [-0.1, -0.05) is 12.1 Å². The average Bonchev–Trinajstić information content (AvgIpc) is 3.07. The van der Waals surface area contributed by atoms with Gasteiger partial charge >= 0.3 is 0 Å². The Balaban J connectivity index is 1.97. The van der Waals surface area contributed by atoms with Gasteiger partial charge in [0.25, 0.3) is 0 Å². The van der Waals surface area contributed by atoms with Crippen LogP contribution in [0.1, 0.15) is 31.2 Å². The van der Waals surface area contributed by atoms with Gasteiger partial charge in [0.05, 0.1) is 5.60 Å². The topological polar surface area (TPSA) is 46.2 Å². The van der Waals surface area contributed by atoms with E-state index in [9.17, 15) is 5.11 Å². The molecule has 2 saturated carbocycles. The molecule has 0 aromatic heterocycles. The lowest BCUT2D eigenvalue weighted by Gasteiger charge is -2.29. The normalized spacial score (nSPS) is 21.7. The van der Waals surface area contributed by atoms with E-state index in [1.54, 1.807) is 0 Å². The number of nitrogens with two attached hydrogens (primary N) is 1. The highest BCUT2D eigenvalue weighted by Crippen LogP contribution is 2.57. The predicted molar refractivity (Wildman–Crippen MR) is 60.2 cm³/mol. The first-order valence-electron chi connectivity index (χ1n) is 5.79. The van der Waals surface area contributed by atoms with Crippen LogP contribution in [0.5, 0.6) is 0 Å². The zero-order chi connectivity index (χ0) is 10.5. The fourth-order valence-corrected chi connectivity index (χ4v) is 2.60. The lowest BCUT2D eigenvalue weighted by molar-refractivity contribution is -0.0102. The molecule has 0 spiro atoms. The van der Waals surface area contributed by atoms with Gasteiger partial charge in [0.2, 0.25) is 0 Å². The highest BCUT2D eigenvalue weighted by atomic mass is 16.3. The van der Waals surface area contributed by atoms with Crippen LogP contribution in [0, 0.1) is 11.8 Å². The molecule has 2 nitrogen and oxygen atoms in total. The first-order valence-corrected chi connectivity index (χ1v) is 5.79. The number of aliphatic hydroxyl groups is 1. The molecule has 0 radical (unpaired) electrons. The summed E-state index contributed by atoms with van der Waals surface area (Å²) in [6, 6.07) is 7.77. The predicted octanol–water partition coefficient (Wildman–Crippen LogP) is 2.28. The standard InChI is InChI=1S/C13H17NO/c14-12-7-5-11(6-8-12)13(15,9-1-2-9)10-3-4-10/h5-10,15H,1-4,14H2. The molecule has 0 unspecified atom stereocenters. The average molecular weight is 203 g/mol. The zero-order valence-corrected chi connectivity index (χ0v) is 8.82. The van der Waals surface area contributed by atoms with Crippen molar-refractivity contribution in [2.45, 2.75) is 31.3 Å². The van der Waals surface area contributed by atoms with E-state index >= 15 is 0 Å². The van der Waals surface area contributed by atoms with E-state index < -0.39 is 5.60 Å². The van der Waals surface area contributed by atoms with Crippen molar-refractivity contribution < 1.29 is 5.11 Å². The highest BCUT2D eigenvalue weighted by molar-refractivity contribution is 5.42. The van der Waals surface area contributed by atoms with E-state index in [0.717, 1.165) is 11.3 Å². The Kier molecular flexibility index (Phi) is 1.84. The van der Waals surface area contributed by atoms with Crippen LogP contribution in [-0.2, 0) is 5.60 Å². The quantitative estimate of drug-likeness (QED) is 0.740. The molecule has 0 aliphatic heterocycles. The van der Waals surface area contributed by atoms with Gasteiger partial charge in [-0.2, -0.15) is 0 Å². The third kappa shape index (κ3) is 1.44. The largest absolute Gasteiger partial charge is 0.399 e. The molecule has 3 rings (SSSR count). The van der Waals surface area contributed by atoms with Crippen molar-refractivity contribution in [1.29, 1.82) is 0 Å². The Bertz CT molecular complexity index is 351. The monoisotopic (exact) mass is 203 g/mol. The molecule has 1 aromatic carbocycles. The van der Waals surface area contributed by atoms with E-state index in [-0.39, 0.29) is 0 Å². The molecule has 2 fully saturated rings. The molecule has 3 N–H and O–H groups in total. The van der Waals surface area contributed by atoms with Crippen molar-refractivity contribution in [2.75, 3.05) is 5.73 Å². The first kappa shape index (κ1) is 9.22. The molecule has 0 saturated heterocycles. The van der Waals surface area contributed by atoms with Crippen LogP contribution >= 0.6 is 0 Å². The lowest BCUT2D eigenvalue weighted by atomic mass is 9.84. The minimum absolute atomic E-state index is 0.494. The van der Waals surface area contributed by atoms with E-state index in [2.05, 4.69) is 0 Å². The van der Waals surface area contributed by atoms with Crippen LogP contribution in [0.4, 0.5) is 5.69 Å². The molecule has 0 atom stereocenters. The smallest absolute Gasteiger partial charge is 0.0952 e. The van der Waals surface area contributed by atoms with Crippen LogP contribution in [0.15, 0.2) is 24.3 Å². The van der Waals surface area contributed by atoms with Crippen molar-refractivity contribution in [3.8, 4) is 0 Å². The van der Waals surface area contributed by atoms with Gasteiger partial charge in [-0.05, 0) is 55.2 Å². The van der Waals surface area contributed by atoms with Gasteiger partial charge in [-0.3, -0.25) is 0 Å². The van der Waals surface area contributed by atoms with Crippen molar-refractivity contribution in [3.63, 3.8) is 0 Å². The summed E-state index contributed by atoms with van der Waals surface area (Å²) in [4.78, 5) is 0. The first-order chi connectivity index (χ1) is 7.21. The fourth-order valence-electron chi connectivity index (χ4n) is 2.60. The lowest BCUT2D eigenvalue weighted by Crippen LogP contribution is -2.30. The summed E-state index contributed by atoms with van der Waals surface area (Å²) >= 11 is 0. The Morgan fingerprint density at radius 1 is 1.00 bits per heavy atom. The molecule has 80 valence electrons. The molecule has 0 heterocycles. The van der Waals surface area contributed by atoms with Gasteiger partial charge in [-0.25, -0.2) is 0 Å². The van der Waals surface area contributed by atoms with Crippen molar-refractivity contribution in [3.05, 3.63) is 29.8 Å². The van der Waals surface area contributed by atoms with Crippen molar-refractivity contribution >= 4 is 5.69 Å². The Hall–Kier alpha value is -1.02. The van der Waals surface area contributed by atoms with Gasteiger partial charge in [0, 0.05) is 5.69 Å². The van der Waals surface area contributed by atoms with Gasteiger partial charge in [-0.15, -0.1) is 0 Å². The minimum atomic E-state index is -0.548. The number of nitrogen functional groups attached to an aromatic ring is 1. The number of anilines is 1. The van der Waals surface area contributed by atoms with Gasteiger partial charge in [0.1, 0.15) is 0 Å². The third-order valence-electron chi connectivity index (χ3n) is 3.77. The van der Waals surface area contributed by atoms with E-state index in [0.29, 0.717) is 11.8 Å². The Labute approximate surface area is 90.1 Å². The fraction of sp³-hybridized carbons (Fsp3) is 0.538. The SMILES string of the molecule is Nc1ccc(C(O)(C2CC2)C2CC2)cc1. The van der Waals surface area contributed by atoms with Crippen LogP contribution < -0.4 is 5.73 Å². The molecule has 2 heteroatoms. The molecular weight excluding hydrogens is 186 g/mol. The molecule has 15 heavy (non-hydrogen) atoms. The second-order valence-corrected chi connectivity index (χ2v) is 5.00. The summed E-state index contributed by atoms with van der Waals surface area (Å²) in [7, 11) is 0. The molecule has 0 amide bonds. The second kappa shape index (κ2) is 2.99. The number of benzene rings is 1.